The molecule has 1 saturated carbocycles. The Morgan fingerprint density at radius 3 is 2.34 bits per heavy atom. The Balaban J connectivity index is 1.91. The molecule has 0 aliphatic heterocycles. The van der Waals surface area contributed by atoms with E-state index in [0.29, 0.717) is 30.4 Å². The first-order valence-electron chi connectivity index (χ1n) is 13.3. The molecule has 2 aromatic rings. The summed E-state index contributed by atoms with van der Waals surface area (Å²) in [5.41, 5.74) is 1.70. The second-order valence-corrected chi connectivity index (χ2v) is 10.3. The third-order valence-corrected chi connectivity index (χ3v) is 6.81. The van der Waals surface area contributed by atoms with Gasteiger partial charge in [-0.15, -0.1) is 0 Å². The monoisotopic (exact) mass is 528 g/mol. The van der Waals surface area contributed by atoms with Crippen LogP contribution in [0, 0.1) is 11.8 Å². The van der Waals surface area contributed by atoms with E-state index in [9.17, 15) is 14.4 Å². The second kappa shape index (κ2) is 13.8. The number of benzene rings is 1. The summed E-state index contributed by atoms with van der Waals surface area (Å²) in [7, 11) is 3.19. The van der Waals surface area contributed by atoms with Crippen molar-refractivity contribution in [1.82, 2.24) is 20.4 Å². The predicted molar refractivity (Wildman–Crippen MR) is 143 cm³/mol. The first-order chi connectivity index (χ1) is 18.2. The molecule has 1 aromatic carbocycles. The number of rotatable bonds is 13. The molecule has 0 saturated heterocycles. The number of carbonyl (C=O) groups is 3. The molecule has 0 unspecified atom stereocenters. The highest BCUT2D eigenvalue weighted by Crippen LogP contribution is 2.39. The fourth-order valence-corrected chi connectivity index (χ4v) is 5.08. The summed E-state index contributed by atoms with van der Waals surface area (Å²) < 4.78 is 13.2. The van der Waals surface area contributed by atoms with Crippen LogP contribution in [-0.2, 0) is 16.1 Å². The third kappa shape index (κ3) is 7.97. The number of carboxylic acid groups (broad SMARTS) is 1. The van der Waals surface area contributed by atoms with Gasteiger partial charge in [0.2, 0.25) is 5.91 Å². The zero-order valence-electron chi connectivity index (χ0n) is 22.8. The summed E-state index contributed by atoms with van der Waals surface area (Å²) in [4.78, 5) is 36.5. The van der Waals surface area contributed by atoms with Gasteiger partial charge in [-0.05, 0) is 49.3 Å². The molecule has 2 amide bonds. The van der Waals surface area contributed by atoms with E-state index in [2.05, 4.69) is 10.6 Å². The topological polar surface area (TPSA) is 132 Å². The van der Waals surface area contributed by atoms with Crippen molar-refractivity contribution in [3.05, 3.63) is 30.0 Å². The van der Waals surface area contributed by atoms with Crippen molar-refractivity contribution >= 4 is 17.8 Å². The summed E-state index contributed by atoms with van der Waals surface area (Å²) in [6, 6.07) is 6.83. The summed E-state index contributed by atoms with van der Waals surface area (Å²) in [5, 5.41) is 18.9. The number of ether oxygens (including phenoxy) is 2. The highest BCUT2D eigenvalue weighted by Gasteiger charge is 2.26. The Hall–Kier alpha value is -3.56. The minimum absolute atomic E-state index is 0.0207. The first kappa shape index (κ1) is 29.0. The summed E-state index contributed by atoms with van der Waals surface area (Å²) in [6.45, 7) is 4.21. The Bertz CT molecular complexity index is 1080. The van der Waals surface area contributed by atoms with Gasteiger partial charge in [0.15, 0.2) is 5.69 Å². The highest BCUT2D eigenvalue weighted by molar-refractivity contribution is 5.94. The van der Waals surface area contributed by atoms with Crippen LogP contribution in [0.1, 0.15) is 69.3 Å². The Kier molecular flexibility index (Phi) is 10.6. The zero-order chi connectivity index (χ0) is 27.7. The molecule has 0 bridgehead atoms. The summed E-state index contributed by atoms with van der Waals surface area (Å²) in [5.74, 6) is -0.0244. The van der Waals surface area contributed by atoms with Crippen molar-refractivity contribution in [2.24, 2.45) is 11.8 Å². The lowest BCUT2D eigenvalue weighted by Gasteiger charge is -2.23. The molecule has 38 heavy (non-hydrogen) atoms. The van der Waals surface area contributed by atoms with E-state index in [-0.39, 0.29) is 23.9 Å². The smallest absolute Gasteiger partial charge is 0.322 e. The van der Waals surface area contributed by atoms with Crippen molar-refractivity contribution in [1.29, 1.82) is 0 Å². The number of amides is 2. The van der Waals surface area contributed by atoms with Gasteiger partial charge in [0.05, 0.1) is 25.5 Å². The second-order valence-electron chi connectivity index (χ2n) is 10.3. The normalized spacial score (nSPS) is 14.7. The van der Waals surface area contributed by atoms with Gasteiger partial charge in [-0.3, -0.25) is 19.1 Å². The molecular weight excluding hydrogens is 488 g/mol. The molecule has 1 aromatic heterocycles. The number of hydrogen-bond donors (Lipinski definition) is 3. The Labute approximate surface area is 224 Å². The molecule has 1 aliphatic carbocycles. The van der Waals surface area contributed by atoms with E-state index >= 15 is 0 Å². The Morgan fingerprint density at radius 1 is 1.11 bits per heavy atom. The van der Waals surface area contributed by atoms with E-state index in [0.717, 1.165) is 24.1 Å². The van der Waals surface area contributed by atoms with Gasteiger partial charge in [-0.2, -0.15) is 5.10 Å². The van der Waals surface area contributed by atoms with Crippen molar-refractivity contribution in [2.75, 3.05) is 20.8 Å². The van der Waals surface area contributed by atoms with Crippen LogP contribution in [0.15, 0.2) is 24.3 Å². The van der Waals surface area contributed by atoms with Gasteiger partial charge in [-0.25, -0.2) is 0 Å². The molecular formula is C28H40N4O6. The van der Waals surface area contributed by atoms with Crippen LogP contribution in [0.2, 0.25) is 0 Å². The molecule has 208 valence electrons. The largest absolute Gasteiger partial charge is 0.496 e. The molecule has 3 N–H and O–H groups in total. The maximum Gasteiger partial charge on any atom is 0.322 e. The van der Waals surface area contributed by atoms with E-state index in [4.69, 9.17) is 19.7 Å². The fraction of sp³-hybridized carbons (Fsp3) is 0.571. The van der Waals surface area contributed by atoms with Crippen LogP contribution in [0.4, 0.5) is 0 Å². The van der Waals surface area contributed by atoms with Crippen molar-refractivity contribution in [3.8, 4) is 22.8 Å². The number of carbonyl (C=O) groups excluding carboxylic acids is 2. The molecule has 0 radical (unpaired) electrons. The van der Waals surface area contributed by atoms with E-state index in [1.807, 2.05) is 36.7 Å². The van der Waals surface area contributed by atoms with Gasteiger partial charge < -0.3 is 25.2 Å². The first-order valence-corrected chi connectivity index (χ1v) is 13.3. The maximum absolute atomic E-state index is 13.4. The number of carboxylic acids is 1. The molecule has 1 aliphatic rings. The van der Waals surface area contributed by atoms with Crippen molar-refractivity contribution < 1.29 is 29.0 Å². The van der Waals surface area contributed by atoms with E-state index < -0.39 is 24.5 Å². The summed E-state index contributed by atoms with van der Waals surface area (Å²) >= 11 is 0. The van der Waals surface area contributed by atoms with Crippen molar-refractivity contribution in [3.63, 3.8) is 0 Å². The quantitative estimate of drug-likeness (QED) is 0.359. The van der Waals surface area contributed by atoms with E-state index in [1.54, 1.807) is 20.3 Å². The fourth-order valence-electron chi connectivity index (χ4n) is 5.08. The lowest BCUT2D eigenvalue weighted by atomic mass is 9.89. The predicted octanol–water partition coefficient (Wildman–Crippen LogP) is 3.88. The number of aliphatic carboxylic acids is 1. The summed E-state index contributed by atoms with van der Waals surface area (Å²) in [6.07, 6.45) is 6.39. The van der Waals surface area contributed by atoms with Crippen LogP contribution in [0.3, 0.4) is 0 Å². The van der Waals surface area contributed by atoms with Crippen LogP contribution in [-0.4, -0.2) is 59.5 Å². The average Bonchev–Trinajstić information content (AvgIpc) is 3.30. The molecule has 0 spiro atoms. The molecule has 10 heteroatoms. The van der Waals surface area contributed by atoms with Crippen LogP contribution < -0.4 is 20.1 Å². The van der Waals surface area contributed by atoms with Gasteiger partial charge in [-0.1, -0.05) is 39.2 Å². The highest BCUT2D eigenvalue weighted by atomic mass is 16.5. The zero-order valence-corrected chi connectivity index (χ0v) is 22.8. The van der Waals surface area contributed by atoms with Gasteiger partial charge in [0.25, 0.3) is 5.91 Å². The number of aromatic nitrogens is 2. The number of hydrogen-bond acceptors (Lipinski definition) is 6. The van der Waals surface area contributed by atoms with Crippen LogP contribution >= 0.6 is 0 Å². The molecule has 1 atom stereocenters. The van der Waals surface area contributed by atoms with E-state index in [1.165, 1.54) is 19.3 Å². The standard InChI is InChI=1S/C28H40N4O6/c1-18(2)13-20(14-25(33)29-16-26(34)35)30-28(36)21-15-22(27-23(37-3)11-8-12-24(27)38-4)32(31-21)17-19-9-6-5-7-10-19/h8,11-12,15,18-20H,5-7,9-10,13-14,16-17H2,1-4H3,(H,29,33)(H,30,36)(H,34,35)/t20-/m0/s1. The minimum atomic E-state index is -1.12. The van der Waals surface area contributed by atoms with Crippen LogP contribution in [0.25, 0.3) is 11.3 Å². The van der Waals surface area contributed by atoms with Gasteiger partial charge in [0.1, 0.15) is 18.0 Å². The molecule has 1 heterocycles. The van der Waals surface area contributed by atoms with Crippen LogP contribution in [0.5, 0.6) is 11.5 Å². The SMILES string of the molecule is COc1cccc(OC)c1-c1cc(C(=O)N[C@H](CC(=O)NCC(=O)O)CC(C)C)nn1CC1CCCCC1. The van der Waals surface area contributed by atoms with Gasteiger partial charge >= 0.3 is 5.97 Å². The minimum Gasteiger partial charge on any atom is -0.496 e. The number of nitrogens with one attached hydrogen (secondary N) is 2. The molecule has 10 nitrogen and oxygen atoms in total. The number of methoxy groups -OCH3 is 2. The third-order valence-electron chi connectivity index (χ3n) is 6.81. The molecule has 1 fully saturated rings. The molecule has 3 rings (SSSR count). The van der Waals surface area contributed by atoms with Gasteiger partial charge in [0, 0.05) is 19.0 Å². The average molecular weight is 529 g/mol. The maximum atomic E-state index is 13.4. The lowest BCUT2D eigenvalue weighted by Crippen LogP contribution is -2.41. The Morgan fingerprint density at radius 2 is 1.76 bits per heavy atom. The van der Waals surface area contributed by atoms with Crippen molar-refractivity contribution in [2.45, 2.75) is 71.4 Å². The number of nitrogens with zero attached hydrogens (tertiary/aromatic N) is 2. The lowest BCUT2D eigenvalue weighted by molar-refractivity contribution is -0.138.